The van der Waals surface area contributed by atoms with E-state index in [0.717, 1.165) is 101 Å². The Hall–Kier alpha value is -1.99. The summed E-state index contributed by atoms with van der Waals surface area (Å²) < 4.78 is 0. The topological polar surface area (TPSA) is 77.2 Å². The molecule has 172 valence electrons. The zero-order chi connectivity index (χ0) is 22.1. The van der Waals surface area contributed by atoms with Crippen LogP contribution in [0.15, 0.2) is 29.3 Å². The van der Waals surface area contributed by atoms with Crippen LogP contribution >= 0.6 is 11.6 Å². The van der Waals surface area contributed by atoms with E-state index in [-0.39, 0.29) is 11.8 Å². The fourth-order valence-electron chi connectivity index (χ4n) is 4.37. The summed E-state index contributed by atoms with van der Waals surface area (Å²) in [4.78, 5) is 23.3. The number of nitrogens with one attached hydrogen (secondary N) is 1. The molecule has 31 heavy (non-hydrogen) atoms. The van der Waals surface area contributed by atoms with E-state index in [0.29, 0.717) is 0 Å². The molecule has 1 aromatic rings. The summed E-state index contributed by atoms with van der Waals surface area (Å²) in [5.41, 5.74) is 6.54. The third-order valence-corrected chi connectivity index (χ3v) is 6.56. The molecule has 0 atom stereocenters. The lowest BCUT2D eigenvalue weighted by Crippen LogP contribution is -2.52. The maximum absolute atomic E-state index is 11.3. The van der Waals surface area contributed by atoms with Gasteiger partial charge in [-0.3, -0.25) is 9.79 Å². The molecule has 2 fully saturated rings. The van der Waals surface area contributed by atoms with Crippen molar-refractivity contribution in [2.45, 2.75) is 32.6 Å². The number of hydrogen-bond donors (Lipinski definition) is 2. The molecular formula is C23H37ClN6O. The molecule has 2 saturated heterocycles. The molecule has 1 amide bonds. The molecule has 0 spiro atoms. The highest BCUT2D eigenvalue weighted by atomic mass is 35.5. The Balaban J connectivity index is 1.39. The van der Waals surface area contributed by atoms with Crippen molar-refractivity contribution in [3.63, 3.8) is 0 Å². The number of carbonyl (C=O) groups is 1. The highest BCUT2D eigenvalue weighted by Crippen LogP contribution is 2.26. The summed E-state index contributed by atoms with van der Waals surface area (Å²) in [7, 11) is 0. The Kier molecular flexibility index (Phi) is 9.28. The fourth-order valence-corrected chi connectivity index (χ4v) is 4.62. The van der Waals surface area contributed by atoms with E-state index in [9.17, 15) is 4.79 Å². The summed E-state index contributed by atoms with van der Waals surface area (Å²) in [6.45, 7) is 10.6. The van der Waals surface area contributed by atoms with E-state index in [1.54, 1.807) is 0 Å². The average molecular weight is 449 g/mol. The van der Waals surface area contributed by atoms with Crippen LogP contribution in [-0.2, 0) is 4.79 Å². The Morgan fingerprint density at radius 1 is 1.13 bits per heavy atom. The number of hydrogen-bond acceptors (Lipinski definition) is 4. The van der Waals surface area contributed by atoms with Gasteiger partial charge in [0, 0.05) is 45.2 Å². The molecule has 3 N–H and O–H groups in total. The van der Waals surface area contributed by atoms with Crippen LogP contribution in [-0.4, -0.2) is 80.6 Å². The van der Waals surface area contributed by atoms with E-state index < -0.39 is 0 Å². The number of unbranched alkanes of at least 4 members (excludes halogenated alkanes) is 1. The third kappa shape index (κ3) is 7.01. The molecule has 0 bridgehead atoms. The minimum Gasteiger partial charge on any atom is -0.369 e. The van der Waals surface area contributed by atoms with Gasteiger partial charge >= 0.3 is 0 Å². The molecule has 3 rings (SSSR count). The minimum absolute atomic E-state index is 0.0712. The highest BCUT2D eigenvalue weighted by Gasteiger charge is 2.23. The molecule has 2 aliphatic rings. The first-order valence-electron chi connectivity index (χ1n) is 11.6. The molecule has 7 nitrogen and oxygen atoms in total. The monoisotopic (exact) mass is 448 g/mol. The molecule has 8 heteroatoms. The molecule has 2 heterocycles. The molecule has 0 aliphatic carbocycles. The van der Waals surface area contributed by atoms with Crippen molar-refractivity contribution in [1.82, 2.24) is 15.1 Å². The number of primary amides is 1. The summed E-state index contributed by atoms with van der Waals surface area (Å²) in [6.07, 6.45) is 4.01. The second-order valence-electron chi connectivity index (χ2n) is 8.39. The zero-order valence-electron chi connectivity index (χ0n) is 18.7. The number of rotatable bonds is 8. The number of nitrogens with zero attached hydrogens (tertiary/aromatic N) is 4. The first-order valence-corrected chi connectivity index (χ1v) is 12.0. The predicted octanol–water partition coefficient (Wildman–Crippen LogP) is 2.41. The van der Waals surface area contributed by atoms with E-state index in [1.165, 1.54) is 0 Å². The van der Waals surface area contributed by atoms with Crippen molar-refractivity contribution < 1.29 is 4.79 Å². The van der Waals surface area contributed by atoms with Gasteiger partial charge in [-0.25, -0.2) is 0 Å². The summed E-state index contributed by atoms with van der Waals surface area (Å²) in [6, 6.07) is 8.06. The van der Waals surface area contributed by atoms with Crippen LogP contribution in [0, 0.1) is 5.92 Å². The van der Waals surface area contributed by atoms with Crippen LogP contribution in [0.3, 0.4) is 0 Å². The average Bonchev–Trinajstić information content (AvgIpc) is 2.79. The maximum Gasteiger partial charge on any atom is 0.220 e. The standard InChI is InChI=1S/C23H37ClN6O/c1-2-26-23(27-11-5-6-12-28-13-9-19(10-14-28)22(25)31)30-17-15-29(16-18-30)21-8-4-3-7-20(21)24/h3-4,7-8,19H,2,5-6,9-18H2,1H3,(H2,25,31)(H,26,27). The number of piperazine rings is 1. The fraction of sp³-hybridized carbons (Fsp3) is 0.652. The van der Waals surface area contributed by atoms with Gasteiger partial charge < -0.3 is 25.8 Å². The van der Waals surface area contributed by atoms with Gasteiger partial charge in [-0.1, -0.05) is 23.7 Å². The molecule has 1 aromatic carbocycles. The minimum atomic E-state index is -0.141. The molecule has 0 aromatic heterocycles. The Morgan fingerprint density at radius 3 is 2.48 bits per heavy atom. The van der Waals surface area contributed by atoms with Gasteiger partial charge in [-0.2, -0.15) is 0 Å². The normalized spacial score (nSPS) is 19.0. The molecule has 0 radical (unpaired) electrons. The third-order valence-electron chi connectivity index (χ3n) is 6.24. The number of anilines is 1. The van der Waals surface area contributed by atoms with Gasteiger partial charge in [0.05, 0.1) is 10.7 Å². The van der Waals surface area contributed by atoms with Crippen LogP contribution in [0.5, 0.6) is 0 Å². The van der Waals surface area contributed by atoms with Gasteiger partial charge in [0.2, 0.25) is 5.91 Å². The highest BCUT2D eigenvalue weighted by molar-refractivity contribution is 6.33. The summed E-state index contributed by atoms with van der Waals surface area (Å²) in [5.74, 6) is 0.947. The number of para-hydroxylation sites is 1. The lowest BCUT2D eigenvalue weighted by Gasteiger charge is -2.38. The van der Waals surface area contributed by atoms with Gasteiger partial charge in [0.25, 0.3) is 0 Å². The molecule has 2 aliphatic heterocycles. The molecular weight excluding hydrogens is 412 g/mol. The number of halogens is 1. The van der Waals surface area contributed by atoms with Crippen LogP contribution in [0.1, 0.15) is 32.6 Å². The number of piperidine rings is 1. The van der Waals surface area contributed by atoms with Crippen LogP contribution < -0.4 is 16.0 Å². The zero-order valence-corrected chi connectivity index (χ0v) is 19.5. The number of benzene rings is 1. The largest absolute Gasteiger partial charge is 0.369 e. The van der Waals surface area contributed by atoms with Crippen molar-refractivity contribution in [3.8, 4) is 0 Å². The Morgan fingerprint density at radius 2 is 1.84 bits per heavy atom. The first kappa shape index (κ1) is 23.7. The lowest BCUT2D eigenvalue weighted by molar-refractivity contribution is -0.123. The molecule has 0 unspecified atom stereocenters. The first-order chi connectivity index (χ1) is 15.1. The summed E-state index contributed by atoms with van der Waals surface area (Å²) in [5, 5.41) is 4.27. The van der Waals surface area contributed by atoms with Gasteiger partial charge in [0.15, 0.2) is 5.96 Å². The van der Waals surface area contributed by atoms with Crippen molar-refractivity contribution in [3.05, 3.63) is 29.3 Å². The molecule has 0 saturated carbocycles. The smallest absolute Gasteiger partial charge is 0.220 e. The second-order valence-corrected chi connectivity index (χ2v) is 8.79. The number of aliphatic imine (C=N–C) groups is 1. The number of nitrogens with two attached hydrogens (primary N) is 1. The van der Waals surface area contributed by atoms with Crippen molar-refractivity contribution in [2.75, 3.05) is 63.8 Å². The van der Waals surface area contributed by atoms with Gasteiger partial charge in [-0.05, 0) is 64.4 Å². The predicted molar refractivity (Wildman–Crippen MR) is 129 cm³/mol. The van der Waals surface area contributed by atoms with Crippen molar-refractivity contribution in [2.24, 2.45) is 16.6 Å². The maximum atomic E-state index is 11.3. The SMILES string of the molecule is CCNC(=NCCCCN1CCC(C(N)=O)CC1)N1CCN(c2ccccc2Cl)CC1. The quantitative estimate of drug-likeness (QED) is 0.363. The van der Waals surface area contributed by atoms with Crippen LogP contribution in [0.2, 0.25) is 5.02 Å². The van der Waals surface area contributed by atoms with Crippen LogP contribution in [0.25, 0.3) is 0 Å². The number of guanidine groups is 1. The lowest BCUT2D eigenvalue weighted by atomic mass is 9.96. The summed E-state index contributed by atoms with van der Waals surface area (Å²) >= 11 is 6.37. The van der Waals surface area contributed by atoms with E-state index in [2.05, 4.69) is 33.0 Å². The second kappa shape index (κ2) is 12.2. The van der Waals surface area contributed by atoms with E-state index in [1.807, 2.05) is 18.2 Å². The Bertz CT molecular complexity index is 727. The number of amides is 1. The van der Waals surface area contributed by atoms with Crippen molar-refractivity contribution in [1.29, 1.82) is 0 Å². The van der Waals surface area contributed by atoms with Gasteiger partial charge in [0.1, 0.15) is 0 Å². The number of carbonyl (C=O) groups excluding carboxylic acids is 1. The van der Waals surface area contributed by atoms with Crippen molar-refractivity contribution >= 4 is 29.2 Å². The van der Waals surface area contributed by atoms with E-state index >= 15 is 0 Å². The van der Waals surface area contributed by atoms with E-state index in [4.69, 9.17) is 22.3 Å². The number of likely N-dealkylation sites (tertiary alicyclic amines) is 1. The van der Waals surface area contributed by atoms with Crippen LogP contribution in [0.4, 0.5) is 5.69 Å². The Labute approximate surface area is 191 Å². The van der Waals surface area contributed by atoms with Gasteiger partial charge in [-0.15, -0.1) is 0 Å².